The molecule has 2 nitrogen and oxygen atoms in total. The molecular formula is C17H26Cl2N2. The number of hydrogen-bond donors (Lipinski definition) is 1. The lowest BCUT2D eigenvalue weighted by atomic mass is 9.98. The van der Waals surface area contributed by atoms with Crippen LogP contribution >= 0.6 is 23.2 Å². The standard InChI is InChI=1S/C17H26Cl2N2/c1-4-17(15-6-5-13(18)11-16(15)19)20-14-7-9-21(10-8-14)12(2)3/h5-6,11-12,14,17,20H,4,7-10H2,1-3H3. The smallest absolute Gasteiger partial charge is 0.0468 e. The molecule has 1 atom stereocenters. The van der Waals surface area contributed by atoms with E-state index in [0.29, 0.717) is 23.1 Å². The average molecular weight is 329 g/mol. The van der Waals surface area contributed by atoms with Crippen molar-refractivity contribution in [2.45, 2.75) is 58.2 Å². The van der Waals surface area contributed by atoms with E-state index in [1.54, 1.807) is 0 Å². The zero-order valence-corrected chi connectivity index (χ0v) is 14.7. The predicted molar refractivity (Wildman–Crippen MR) is 92.4 cm³/mol. The largest absolute Gasteiger partial charge is 0.307 e. The van der Waals surface area contributed by atoms with Gasteiger partial charge in [0.15, 0.2) is 0 Å². The molecule has 2 rings (SSSR count). The SMILES string of the molecule is CCC(NC1CCN(C(C)C)CC1)c1ccc(Cl)cc1Cl. The van der Waals surface area contributed by atoms with E-state index in [1.807, 2.05) is 12.1 Å². The maximum Gasteiger partial charge on any atom is 0.0468 e. The van der Waals surface area contributed by atoms with Crippen LogP contribution in [0.4, 0.5) is 0 Å². The lowest BCUT2D eigenvalue weighted by Crippen LogP contribution is -2.45. The highest BCUT2D eigenvalue weighted by atomic mass is 35.5. The van der Waals surface area contributed by atoms with E-state index >= 15 is 0 Å². The summed E-state index contributed by atoms with van der Waals surface area (Å²) in [4.78, 5) is 2.55. The summed E-state index contributed by atoms with van der Waals surface area (Å²) in [6.07, 6.45) is 3.45. The minimum atomic E-state index is 0.311. The third kappa shape index (κ3) is 4.59. The van der Waals surface area contributed by atoms with Crippen LogP contribution < -0.4 is 5.32 Å². The average Bonchev–Trinajstić information content (AvgIpc) is 2.46. The van der Waals surface area contributed by atoms with Gasteiger partial charge in [-0.05, 0) is 63.9 Å². The van der Waals surface area contributed by atoms with Crippen LogP contribution in [0.15, 0.2) is 18.2 Å². The lowest BCUT2D eigenvalue weighted by molar-refractivity contribution is 0.156. The fraction of sp³-hybridized carbons (Fsp3) is 0.647. The fourth-order valence-corrected chi connectivity index (χ4v) is 3.62. The highest BCUT2D eigenvalue weighted by Crippen LogP contribution is 2.29. The first kappa shape index (κ1) is 17.1. The van der Waals surface area contributed by atoms with E-state index in [4.69, 9.17) is 23.2 Å². The van der Waals surface area contributed by atoms with E-state index in [1.165, 1.54) is 25.9 Å². The molecule has 118 valence electrons. The highest BCUT2D eigenvalue weighted by Gasteiger charge is 2.23. The van der Waals surface area contributed by atoms with E-state index in [9.17, 15) is 0 Å². The summed E-state index contributed by atoms with van der Waals surface area (Å²) in [5.74, 6) is 0. The van der Waals surface area contributed by atoms with Gasteiger partial charge in [-0.25, -0.2) is 0 Å². The molecule has 0 aliphatic carbocycles. The third-order valence-corrected chi connectivity index (χ3v) is 5.01. The molecule has 1 N–H and O–H groups in total. The number of hydrogen-bond acceptors (Lipinski definition) is 2. The fourth-order valence-electron chi connectivity index (χ4n) is 3.08. The quantitative estimate of drug-likeness (QED) is 0.826. The molecule has 0 spiro atoms. The Bertz CT molecular complexity index is 454. The van der Waals surface area contributed by atoms with Crippen LogP contribution in [0.2, 0.25) is 10.0 Å². The van der Waals surface area contributed by atoms with Gasteiger partial charge in [0.2, 0.25) is 0 Å². The van der Waals surface area contributed by atoms with E-state index in [2.05, 4.69) is 37.1 Å². The van der Waals surface area contributed by atoms with Gasteiger partial charge in [0.05, 0.1) is 0 Å². The Labute approximate surface area is 138 Å². The topological polar surface area (TPSA) is 15.3 Å². The number of nitrogens with zero attached hydrogens (tertiary/aromatic N) is 1. The van der Waals surface area contributed by atoms with Crippen molar-refractivity contribution in [1.29, 1.82) is 0 Å². The molecular weight excluding hydrogens is 303 g/mol. The molecule has 0 saturated carbocycles. The maximum absolute atomic E-state index is 6.35. The van der Waals surface area contributed by atoms with E-state index < -0.39 is 0 Å². The van der Waals surface area contributed by atoms with Gasteiger partial charge in [0.25, 0.3) is 0 Å². The summed E-state index contributed by atoms with van der Waals surface area (Å²) >= 11 is 12.3. The van der Waals surface area contributed by atoms with Crippen molar-refractivity contribution in [1.82, 2.24) is 10.2 Å². The molecule has 4 heteroatoms. The maximum atomic E-state index is 6.35. The molecule has 0 aromatic heterocycles. The first-order valence-electron chi connectivity index (χ1n) is 7.96. The highest BCUT2D eigenvalue weighted by molar-refractivity contribution is 6.35. The van der Waals surface area contributed by atoms with Crippen molar-refractivity contribution in [2.24, 2.45) is 0 Å². The normalized spacial score (nSPS) is 19.1. The van der Waals surface area contributed by atoms with Crippen molar-refractivity contribution in [2.75, 3.05) is 13.1 Å². The molecule has 1 saturated heterocycles. The Morgan fingerprint density at radius 2 is 1.90 bits per heavy atom. The van der Waals surface area contributed by atoms with Crippen LogP contribution in [0.25, 0.3) is 0 Å². The zero-order chi connectivity index (χ0) is 15.4. The lowest BCUT2D eigenvalue weighted by Gasteiger charge is -2.36. The summed E-state index contributed by atoms with van der Waals surface area (Å²) in [6, 6.07) is 7.36. The number of halogens is 2. The molecule has 0 bridgehead atoms. The first-order chi connectivity index (χ1) is 10.0. The van der Waals surface area contributed by atoms with Crippen LogP contribution in [0.1, 0.15) is 51.6 Å². The summed E-state index contributed by atoms with van der Waals surface area (Å²) in [5.41, 5.74) is 1.16. The van der Waals surface area contributed by atoms with Crippen LogP contribution in [-0.4, -0.2) is 30.1 Å². The Balaban J connectivity index is 1.97. The minimum absolute atomic E-state index is 0.311. The van der Waals surface area contributed by atoms with Gasteiger partial charge in [-0.3, -0.25) is 0 Å². The van der Waals surface area contributed by atoms with Crippen molar-refractivity contribution < 1.29 is 0 Å². The molecule has 21 heavy (non-hydrogen) atoms. The molecule has 1 aliphatic rings. The number of likely N-dealkylation sites (tertiary alicyclic amines) is 1. The van der Waals surface area contributed by atoms with E-state index in [-0.39, 0.29) is 0 Å². The second kappa shape index (κ2) is 7.82. The second-order valence-electron chi connectivity index (χ2n) is 6.20. The molecule has 1 unspecified atom stereocenters. The summed E-state index contributed by atoms with van der Waals surface area (Å²) in [5, 5.41) is 5.25. The molecule has 0 amide bonds. The number of rotatable bonds is 5. The third-order valence-electron chi connectivity index (χ3n) is 4.44. The van der Waals surface area contributed by atoms with Crippen molar-refractivity contribution in [3.05, 3.63) is 33.8 Å². The molecule has 1 fully saturated rings. The van der Waals surface area contributed by atoms with Gasteiger partial charge in [0.1, 0.15) is 0 Å². The van der Waals surface area contributed by atoms with Gasteiger partial charge >= 0.3 is 0 Å². The van der Waals surface area contributed by atoms with Crippen LogP contribution in [0.5, 0.6) is 0 Å². The van der Waals surface area contributed by atoms with Crippen LogP contribution in [-0.2, 0) is 0 Å². The molecule has 1 heterocycles. The molecule has 1 aromatic rings. The monoisotopic (exact) mass is 328 g/mol. The van der Waals surface area contributed by atoms with Crippen LogP contribution in [0, 0.1) is 0 Å². The van der Waals surface area contributed by atoms with Gasteiger partial charge in [-0.2, -0.15) is 0 Å². The Morgan fingerprint density at radius 1 is 1.24 bits per heavy atom. The number of benzene rings is 1. The molecule has 0 radical (unpaired) electrons. The molecule has 1 aliphatic heterocycles. The van der Waals surface area contributed by atoms with Crippen LogP contribution in [0.3, 0.4) is 0 Å². The van der Waals surface area contributed by atoms with Gasteiger partial charge < -0.3 is 10.2 Å². The predicted octanol–water partition coefficient (Wildman–Crippen LogP) is 4.91. The van der Waals surface area contributed by atoms with Gasteiger partial charge in [-0.15, -0.1) is 0 Å². The van der Waals surface area contributed by atoms with Gasteiger partial charge in [-0.1, -0.05) is 36.2 Å². The second-order valence-corrected chi connectivity index (χ2v) is 7.04. The number of piperidine rings is 1. The molecule has 1 aromatic carbocycles. The summed E-state index contributed by atoms with van der Waals surface area (Å²) in [7, 11) is 0. The summed E-state index contributed by atoms with van der Waals surface area (Å²) in [6.45, 7) is 9.11. The van der Waals surface area contributed by atoms with Crippen molar-refractivity contribution >= 4 is 23.2 Å². The summed E-state index contributed by atoms with van der Waals surface area (Å²) < 4.78 is 0. The Morgan fingerprint density at radius 3 is 2.43 bits per heavy atom. The zero-order valence-electron chi connectivity index (χ0n) is 13.2. The van der Waals surface area contributed by atoms with E-state index in [0.717, 1.165) is 17.0 Å². The Kier molecular flexibility index (Phi) is 6.36. The van der Waals surface area contributed by atoms with Crippen molar-refractivity contribution in [3.63, 3.8) is 0 Å². The first-order valence-corrected chi connectivity index (χ1v) is 8.72. The Hall–Kier alpha value is -0.280. The minimum Gasteiger partial charge on any atom is -0.307 e. The van der Waals surface area contributed by atoms with Gasteiger partial charge in [0, 0.05) is 28.2 Å². The van der Waals surface area contributed by atoms with Crippen molar-refractivity contribution in [3.8, 4) is 0 Å². The number of nitrogens with one attached hydrogen (secondary N) is 1.